The van der Waals surface area contributed by atoms with Crippen LogP contribution in [0.25, 0.3) is 0 Å². The molecule has 0 radical (unpaired) electrons. The van der Waals surface area contributed by atoms with E-state index in [9.17, 15) is 22.6 Å². The Hall–Kier alpha value is -1.41. The van der Waals surface area contributed by atoms with Crippen molar-refractivity contribution in [1.29, 1.82) is 0 Å². The molecular weight excluding hydrogens is 468 g/mol. The van der Waals surface area contributed by atoms with E-state index in [-0.39, 0.29) is 6.61 Å². The molecule has 0 amide bonds. The van der Waals surface area contributed by atoms with Gasteiger partial charge in [-0.25, -0.2) is 0 Å². The van der Waals surface area contributed by atoms with Crippen molar-refractivity contribution in [3.8, 4) is 0 Å². The lowest BCUT2D eigenvalue weighted by atomic mass is 10.0. The van der Waals surface area contributed by atoms with Gasteiger partial charge < -0.3 is 9.47 Å². The molecule has 35 heavy (non-hydrogen) atoms. The van der Waals surface area contributed by atoms with E-state index in [2.05, 4.69) is 11.7 Å². The van der Waals surface area contributed by atoms with Crippen LogP contribution in [0.1, 0.15) is 136 Å². The van der Waals surface area contributed by atoms with Gasteiger partial charge in [-0.3, -0.25) is 14.1 Å². The lowest BCUT2D eigenvalue weighted by molar-refractivity contribution is -0.147. The molecule has 0 heterocycles. The molecule has 1 unspecified atom stereocenters. The summed E-state index contributed by atoms with van der Waals surface area (Å²) in [4.78, 5) is 23.6. The van der Waals surface area contributed by atoms with E-state index in [0.717, 1.165) is 25.5 Å². The van der Waals surface area contributed by atoms with Crippen LogP contribution >= 0.6 is 0 Å². The molecule has 0 saturated carbocycles. The average Bonchev–Trinajstić information content (AvgIpc) is 2.81. The second-order valence-electron chi connectivity index (χ2n) is 9.34. The second kappa shape index (κ2) is 23.0. The van der Waals surface area contributed by atoms with Crippen molar-refractivity contribution < 1.29 is 32.0 Å². The van der Waals surface area contributed by atoms with Crippen molar-refractivity contribution in [2.24, 2.45) is 0 Å². The van der Waals surface area contributed by atoms with E-state index >= 15 is 0 Å². The molecule has 0 aromatic heterocycles. The number of esters is 2. The van der Waals surface area contributed by atoms with Crippen molar-refractivity contribution in [1.82, 2.24) is 0 Å². The fourth-order valence-corrected chi connectivity index (χ4v) is 4.58. The van der Waals surface area contributed by atoms with Gasteiger partial charge in [0.2, 0.25) is 0 Å². The van der Waals surface area contributed by atoms with Gasteiger partial charge in [0, 0.05) is 0 Å². The first kappa shape index (κ1) is 33.6. The van der Waals surface area contributed by atoms with E-state index < -0.39 is 33.7 Å². The van der Waals surface area contributed by atoms with E-state index in [1.165, 1.54) is 96.0 Å². The van der Waals surface area contributed by atoms with Crippen LogP contribution in [0.3, 0.4) is 0 Å². The van der Waals surface area contributed by atoms with Crippen LogP contribution in [-0.2, 0) is 29.2 Å². The van der Waals surface area contributed by atoms with Crippen molar-refractivity contribution in [3.63, 3.8) is 0 Å². The Morgan fingerprint density at radius 1 is 0.743 bits per heavy atom. The van der Waals surface area contributed by atoms with E-state index in [1.54, 1.807) is 6.92 Å². The molecule has 0 saturated heterocycles. The van der Waals surface area contributed by atoms with Gasteiger partial charge in [0.25, 0.3) is 10.1 Å². The molecule has 0 aliphatic heterocycles. The molecule has 7 nitrogen and oxygen atoms in total. The number of carbonyl (C=O) groups is 2. The highest BCUT2D eigenvalue weighted by molar-refractivity contribution is 7.87. The number of unbranched alkanes of at least 4 members (excludes halogenated alkanes) is 17. The maximum atomic E-state index is 12.0. The van der Waals surface area contributed by atoms with E-state index in [1.807, 2.05) is 0 Å². The monoisotopic (exact) mass is 518 g/mol. The smallest absolute Gasteiger partial charge is 0.327 e. The van der Waals surface area contributed by atoms with Gasteiger partial charge >= 0.3 is 11.9 Å². The average molecular weight is 519 g/mol. The molecule has 0 aliphatic carbocycles. The Bertz CT molecular complexity index is 658. The van der Waals surface area contributed by atoms with Crippen LogP contribution in [0.15, 0.2) is 12.3 Å². The van der Waals surface area contributed by atoms with E-state index in [4.69, 9.17) is 4.74 Å². The van der Waals surface area contributed by atoms with Gasteiger partial charge in [0.15, 0.2) is 5.25 Å². The van der Waals surface area contributed by atoms with Crippen LogP contribution in [0.4, 0.5) is 0 Å². The SMILES string of the molecule is C/C=C/OC(=O)CC(C(=O)OCCCCCCCCCCCCCCCCCCCC)S(=O)(=O)O. The zero-order valence-electron chi connectivity index (χ0n) is 22.2. The summed E-state index contributed by atoms with van der Waals surface area (Å²) in [7, 11) is -4.76. The Labute approximate surface area is 214 Å². The summed E-state index contributed by atoms with van der Waals surface area (Å²) in [6, 6.07) is 0. The number of ether oxygens (including phenoxy) is 2. The highest BCUT2D eigenvalue weighted by Crippen LogP contribution is 2.15. The number of hydrogen-bond acceptors (Lipinski definition) is 6. The Morgan fingerprint density at radius 2 is 1.14 bits per heavy atom. The standard InChI is InChI=1S/C27H50O7S/c1-3-5-6-7-8-9-10-11-12-13-14-15-16-17-18-19-20-21-23-34-27(29)25(35(30,31)32)24-26(28)33-22-4-2/h4,22,25H,3,5-21,23-24H2,1-2H3,(H,30,31,32)/b22-4+. The first-order valence-electron chi connectivity index (χ1n) is 13.8. The summed E-state index contributed by atoms with van der Waals surface area (Å²) in [6.07, 6.45) is 24.3. The lowest BCUT2D eigenvalue weighted by Gasteiger charge is -2.12. The number of carbonyl (C=O) groups excluding carboxylic acids is 2. The summed E-state index contributed by atoms with van der Waals surface area (Å²) in [5.41, 5.74) is 0. The predicted molar refractivity (Wildman–Crippen MR) is 141 cm³/mol. The molecule has 1 atom stereocenters. The second-order valence-corrected chi connectivity index (χ2v) is 10.9. The maximum absolute atomic E-state index is 12.0. The Balaban J connectivity index is 3.62. The van der Waals surface area contributed by atoms with Crippen molar-refractivity contribution in [2.75, 3.05) is 6.61 Å². The number of hydrogen-bond donors (Lipinski definition) is 1. The van der Waals surface area contributed by atoms with Crippen LogP contribution in [0.5, 0.6) is 0 Å². The molecule has 0 spiro atoms. The maximum Gasteiger partial charge on any atom is 0.327 e. The molecule has 0 bridgehead atoms. The topological polar surface area (TPSA) is 107 Å². The molecule has 8 heteroatoms. The van der Waals surface area contributed by atoms with Gasteiger partial charge in [0.1, 0.15) is 0 Å². The highest BCUT2D eigenvalue weighted by atomic mass is 32.2. The number of allylic oxidation sites excluding steroid dienone is 1. The lowest BCUT2D eigenvalue weighted by Crippen LogP contribution is -2.34. The normalized spacial score (nSPS) is 12.7. The largest absolute Gasteiger partial charge is 0.465 e. The van der Waals surface area contributed by atoms with Crippen molar-refractivity contribution in [3.05, 3.63) is 12.3 Å². The van der Waals surface area contributed by atoms with Crippen LogP contribution in [0, 0.1) is 0 Å². The Morgan fingerprint density at radius 3 is 1.51 bits per heavy atom. The quantitative estimate of drug-likeness (QED) is 0.0618. The predicted octanol–water partition coefficient (Wildman–Crippen LogP) is 7.29. The fraction of sp³-hybridized carbons (Fsp3) is 0.852. The van der Waals surface area contributed by atoms with Crippen LogP contribution in [-0.4, -0.2) is 36.8 Å². The van der Waals surface area contributed by atoms with Gasteiger partial charge in [-0.1, -0.05) is 122 Å². The Kier molecular flexibility index (Phi) is 22.1. The minimum atomic E-state index is -4.76. The van der Waals surface area contributed by atoms with Crippen LogP contribution < -0.4 is 0 Å². The first-order valence-corrected chi connectivity index (χ1v) is 15.3. The third-order valence-corrected chi connectivity index (χ3v) is 7.13. The van der Waals surface area contributed by atoms with Gasteiger partial charge in [-0.2, -0.15) is 8.42 Å². The molecule has 0 aromatic rings. The zero-order chi connectivity index (χ0) is 26.2. The fourth-order valence-electron chi connectivity index (χ4n) is 3.92. The van der Waals surface area contributed by atoms with E-state index in [0.29, 0.717) is 6.42 Å². The summed E-state index contributed by atoms with van der Waals surface area (Å²) in [5, 5.41) is -1.96. The van der Waals surface area contributed by atoms with Gasteiger partial charge in [0.05, 0.1) is 19.3 Å². The van der Waals surface area contributed by atoms with Crippen molar-refractivity contribution >= 4 is 22.1 Å². The molecular formula is C27H50O7S. The van der Waals surface area contributed by atoms with Gasteiger partial charge in [-0.05, 0) is 13.3 Å². The van der Waals surface area contributed by atoms with Gasteiger partial charge in [-0.15, -0.1) is 0 Å². The summed E-state index contributed by atoms with van der Waals surface area (Å²) in [5.74, 6) is -2.06. The first-order chi connectivity index (χ1) is 16.8. The highest BCUT2D eigenvalue weighted by Gasteiger charge is 2.35. The molecule has 0 fully saturated rings. The minimum absolute atomic E-state index is 0.0630. The molecule has 0 aliphatic rings. The zero-order valence-corrected chi connectivity index (χ0v) is 23.0. The van der Waals surface area contributed by atoms with Crippen LogP contribution in [0.2, 0.25) is 0 Å². The van der Waals surface area contributed by atoms with Crippen molar-refractivity contribution in [2.45, 2.75) is 141 Å². The third kappa shape index (κ3) is 21.6. The molecule has 0 rings (SSSR count). The summed E-state index contributed by atoms with van der Waals surface area (Å²) >= 11 is 0. The number of rotatable bonds is 24. The third-order valence-electron chi connectivity index (χ3n) is 6.05. The summed E-state index contributed by atoms with van der Waals surface area (Å²) in [6.45, 7) is 3.93. The minimum Gasteiger partial charge on any atom is -0.465 e. The molecule has 0 aromatic carbocycles. The summed E-state index contributed by atoms with van der Waals surface area (Å²) < 4.78 is 41.6. The molecule has 206 valence electrons. The molecule has 1 N–H and O–H groups in total.